The molecule has 2 fully saturated rings. The fraction of sp³-hybridized carbons (Fsp3) is 0.500. The second kappa shape index (κ2) is 5.78. The number of pyridine rings is 1. The summed E-state index contributed by atoms with van der Waals surface area (Å²) in [7, 11) is 0. The predicted molar refractivity (Wildman–Crippen MR) is 86.9 cm³/mol. The number of hydrogen-bond acceptors (Lipinski definition) is 6. The molecule has 0 saturated carbocycles. The fourth-order valence-corrected chi connectivity index (χ4v) is 3.53. The van der Waals surface area contributed by atoms with E-state index in [4.69, 9.17) is 0 Å². The first-order valence-corrected chi connectivity index (χ1v) is 8.36. The molecule has 2 aliphatic heterocycles. The van der Waals surface area contributed by atoms with Crippen LogP contribution in [0.3, 0.4) is 0 Å². The Hall–Kier alpha value is -2.52. The van der Waals surface area contributed by atoms with Gasteiger partial charge in [-0.3, -0.25) is 19.3 Å². The van der Waals surface area contributed by atoms with Crippen LogP contribution in [-0.2, 0) is 15.2 Å². The van der Waals surface area contributed by atoms with Crippen LogP contribution in [0, 0.1) is 0 Å². The van der Waals surface area contributed by atoms with Gasteiger partial charge in [-0.1, -0.05) is 0 Å². The largest absolute Gasteiger partial charge is 0.385 e. The quantitative estimate of drug-likeness (QED) is 0.604. The van der Waals surface area contributed by atoms with E-state index >= 15 is 0 Å². The molecule has 2 aliphatic rings. The Morgan fingerprint density at radius 3 is 2.72 bits per heavy atom. The Bertz CT molecular complexity index is 909. The number of fused-ring (bicyclic) bond motifs is 1. The van der Waals surface area contributed by atoms with Crippen molar-refractivity contribution in [2.24, 2.45) is 0 Å². The number of aromatic nitrogens is 3. The molecule has 132 valence electrons. The first kappa shape index (κ1) is 16.0. The maximum Gasteiger partial charge on any atom is 0.351 e. The third-order valence-corrected chi connectivity index (χ3v) is 5.02. The summed E-state index contributed by atoms with van der Waals surface area (Å²) in [4.78, 5) is 35.8. The summed E-state index contributed by atoms with van der Waals surface area (Å²) in [6.07, 6.45) is 3.16. The zero-order valence-electron chi connectivity index (χ0n) is 13.6. The molecule has 0 radical (unpaired) electrons. The summed E-state index contributed by atoms with van der Waals surface area (Å²) in [5.74, 6) is -0.854. The number of nitrogens with one attached hydrogen (secondary N) is 2. The minimum atomic E-state index is -0.943. The molecule has 0 bridgehead atoms. The molecule has 9 heteroatoms. The molecule has 0 aliphatic carbocycles. The van der Waals surface area contributed by atoms with Crippen molar-refractivity contribution in [3.8, 4) is 0 Å². The Morgan fingerprint density at radius 1 is 1.24 bits per heavy atom. The van der Waals surface area contributed by atoms with E-state index in [1.54, 1.807) is 18.3 Å². The number of hydrogen-bond donors (Lipinski definition) is 3. The average molecular weight is 345 g/mol. The number of amides is 2. The minimum absolute atomic E-state index is 0.175. The average Bonchev–Trinajstić information content (AvgIpc) is 2.92. The lowest BCUT2D eigenvalue weighted by Crippen LogP contribution is -2.44. The van der Waals surface area contributed by atoms with Crippen molar-refractivity contribution in [2.45, 2.75) is 37.3 Å². The van der Waals surface area contributed by atoms with Crippen LogP contribution < -0.4 is 16.3 Å². The number of rotatable bonds is 2. The lowest BCUT2D eigenvalue weighted by molar-refractivity contribution is -0.136. The normalized spacial score (nSPS) is 23.6. The molecule has 2 amide bonds. The number of imide groups is 1. The van der Waals surface area contributed by atoms with E-state index in [-0.39, 0.29) is 18.7 Å². The number of aliphatic hydroxyl groups is 1. The van der Waals surface area contributed by atoms with E-state index in [0.29, 0.717) is 24.1 Å². The van der Waals surface area contributed by atoms with Crippen molar-refractivity contribution in [1.29, 1.82) is 0 Å². The molecule has 1 unspecified atom stereocenters. The molecule has 9 nitrogen and oxygen atoms in total. The van der Waals surface area contributed by atoms with Crippen molar-refractivity contribution in [2.75, 3.05) is 13.1 Å². The molecule has 4 rings (SSSR count). The van der Waals surface area contributed by atoms with Gasteiger partial charge in [0.05, 0.1) is 5.60 Å². The van der Waals surface area contributed by atoms with Gasteiger partial charge in [-0.15, -0.1) is 5.10 Å². The van der Waals surface area contributed by atoms with Crippen LogP contribution in [0.15, 0.2) is 23.1 Å². The number of nitrogens with zero attached hydrogens (tertiary/aromatic N) is 3. The molecule has 0 spiro atoms. The van der Waals surface area contributed by atoms with Crippen LogP contribution in [0.4, 0.5) is 0 Å². The second-order valence-corrected chi connectivity index (χ2v) is 6.62. The highest BCUT2D eigenvalue weighted by Gasteiger charge is 2.33. The summed E-state index contributed by atoms with van der Waals surface area (Å²) in [5.41, 5.74) is -0.295. The Balaban J connectivity index is 1.74. The molecule has 1 atom stereocenters. The lowest BCUT2D eigenvalue weighted by atomic mass is 9.86. The van der Waals surface area contributed by atoms with Crippen molar-refractivity contribution >= 4 is 17.5 Å². The maximum atomic E-state index is 12.5. The molecule has 2 aromatic rings. The minimum Gasteiger partial charge on any atom is -0.385 e. The van der Waals surface area contributed by atoms with Crippen LogP contribution in [0.5, 0.6) is 0 Å². The third kappa shape index (κ3) is 2.65. The lowest BCUT2D eigenvalue weighted by Gasteiger charge is -2.32. The van der Waals surface area contributed by atoms with Gasteiger partial charge in [-0.25, -0.2) is 4.79 Å². The number of carbonyl (C=O) groups is 2. The highest BCUT2D eigenvalue weighted by molar-refractivity contribution is 5.99. The molecule has 4 heterocycles. The summed E-state index contributed by atoms with van der Waals surface area (Å²) in [5, 5.41) is 20.5. The van der Waals surface area contributed by atoms with Crippen LogP contribution in [0.25, 0.3) is 5.65 Å². The van der Waals surface area contributed by atoms with E-state index in [1.807, 2.05) is 0 Å². The monoisotopic (exact) mass is 345 g/mol. The molecular weight excluding hydrogens is 326 g/mol. The number of piperidine rings is 2. The van der Waals surface area contributed by atoms with E-state index in [9.17, 15) is 19.5 Å². The standard InChI is InChI=1S/C16H19N5O4/c22-13-2-1-11(14(23)18-13)21-15(24)20-8-3-10(9-12(20)19-21)16(25)4-6-17-7-5-16/h3,8-9,11,17,25H,1-2,4-7H2,(H,18,22,23). The number of carbonyl (C=O) groups excluding carboxylic acids is 2. The first-order valence-electron chi connectivity index (χ1n) is 8.36. The summed E-state index contributed by atoms with van der Waals surface area (Å²) in [6, 6.07) is 2.61. The van der Waals surface area contributed by atoms with Gasteiger partial charge in [0.1, 0.15) is 6.04 Å². The molecule has 0 aromatic carbocycles. The van der Waals surface area contributed by atoms with Crippen LogP contribution in [0.1, 0.15) is 37.3 Å². The van der Waals surface area contributed by atoms with Crippen molar-refractivity contribution in [3.05, 3.63) is 34.4 Å². The zero-order valence-corrected chi connectivity index (χ0v) is 13.6. The second-order valence-electron chi connectivity index (χ2n) is 6.62. The molecule has 25 heavy (non-hydrogen) atoms. The SMILES string of the molecule is O=C1CCC(n2nc3cc(C4(O)CCNCC4)ccn3c2=O)C(=O)N1. The Kier molecular flexibility index (Phi) is 3.69. The van der Waals surface area contributed by atoms with Crippen LogP contribution in [-0.4, -0.2) is 44.2 Å². The zero-order chi connectivity index (χ0) is 17.6. The van der Waals surface area contributed by atoms with Crippen molar-refractivity contribution in [1.82, 2.24) is 24.8 Å². The van der Waals surface area contributed by atoms with Crippen molar-refractivity contribution < 1.29 is 14.7 Å². The van der Waals surface area contributed by atoms with Gasteiger partial charge in [0.25, 0.3) is 5.91 Å². The molecule has 3 N–H and O–H groups in total. The van der Waals surface area contributed by atoms with Crippen LogP contribution >= 0.6 is 0 Å². The predicted octanol–water partition coefficient (Wildman–Crippen LogP) is -0.955. The van der Waals surface area contributed by atoms with E-state index in [0.717, 1.165) is 17.8 Å². The highest BCUT2D eigenvalue weighted by Crippen LogP contribution is 2.30. The van der Waals surface area contributed by atoms with Gasteiger partial charge in [-0.2, -0.15) is 4.68 Å². The van der Waals surface area contributed by atoms with Gasteiger partial charge in [0.15, 0.2) is 5.65 Å². The van der Waals surface area contributed by atoms with E-state index in [1.165, 1.54) is 4.40 Å². The van der Waals surface area contributed by atoms with Gasteiger partial charge in [0.2, 0.25) is 5.91 Å². The highest BCUT2D eigenvalue weighted by atomic mass is 16.3. The van der Waals surface area contributed by atoms with E-state index < -0.39 is 23.2 Å². The van der Waals surface area contributed by atoms with E-state index in [2.05, 4.69) is 15.7 Å². The molecule has 2 aromatic heterocycles. The molecular formula is C16H19N5O4. The van der Waals surface area contributed by atoms with Gasteiger partial charge in [-0.05, 0) is 50.0 Å². The van der Waals surface area contributed by atoms with Gasteiger partial charge in [0, 0.05) is 12.6 Å². The topological polar surface area (TPSA) is 118 Å². The smallest absolute Gasteiger partial charge is 0.351 e. The molecule has 2 saturated heterocycles. The Labute approximate surface area is 142 Å². The fourth-order valence-electron chi connectivity index (χ4n) is 3.53. The third-order valence-electron chi connectivity index (χ3n) is 5.02. The van der Waals surface area contributed by atoms with Crippen LogP contribution in [0.2, 0.25) is 0 Å². The maximum absolute atomic E-state index is 12.5. The summed E-state index contributed by atoms with van der Waals surface area (Å²) < 4.78 is 2.46. The Morgan fingerprint density at radius 2 is 2.00 bits per heavy atom. The summed E-state index contributed by atoms with van der Waals surface area (Å²) in [6.45, 7) is 1.44. The van der Waals surface area contributed by atoms with Crippen molar-refractivity contribution in [3.63, 3.8) is 0 Å². The van der Waals surface area contributed by atoms with Gasteiger partial charge >= 0.3 is 5.69 Å². The van der Waals surface area contributed by atoms with Gasteiger partial charge < -0.3 is 10.4 Å². The summed E-state index contributed by atoms with van der Waals surface area (Å²) >= 11 is 0. The first-order chi connectivity index (χ1) is 12.0.